The average Bonchev–Trinajstić information content (AvgIpc) is 3.19. The molecule has 0 spiro atoms. The van der Waals surface area contributed by atoms with Gasteiger partial charge in [0.25, 0.3) is 0 Å². The molecule has 1 fully saturated rings. The van der Waals surface area contributed by atoms with Gasteiger partial charge in [-0.15, -0.1) is 0 Å². The Morgan fingerprint density at radius 2 is 2.14 bits per heavy atom. The van der Waals surface area contributed by atoms with Gasteiger partial charge in [0.05, 0.1) is 11.9 Å². The lowest BCUT2D eigenvalue weighted by molar-refractivity contribution is 0.427. The Labute approximate surface area is 131 Å². The van der Waals surface area contributed by atoms with Crippen LogP contribution in [0.1, 0.15) is 35.6 Å². The zero-order valence-electron chi connectivity index (χ0n) is 11.6. The van der Waals surface area contributed by atoms with Gasteiger partial charge in [-0.05, 0) is 36.6 Å². The van der Waals surface area contributed by atoms with Crippen molar-refractivity contribution < 1.29 is 9.50 Å². The number of aromatic hydroxyl groups is 1. The van der Waals surface area contributed by atoms with Gasteiger partial charge in [0.1, 0.15) is 5.82 Å². The van der Waals surface area contributed by atoms with E-state index in [1.165, 1.54) is 16.6 Å². The number of hydrogen-bond donors (Lipinski definition) is 1. The first-order valence-electron chi connectivity index (χ1n) is 7.12. The zero-order chi connectivity index (χ0) is 15.3. The summed E-state index contributed by atoms with van der Waals surface area (Å²) in [4.78, 5) is 4.61. The van der Waals surface area contributed by atoms with Crippen LogP contribution < -0.4 is 0 Å². The topological polar surface area (TPSA) is 50.4 Å². The van der Waals surface area contributed by atoms with Crippen LogP contribution in [0.3, 0.4) is 0 Å². The molecule has 6 heteroatoms. The molecule has 0 saturated heterocycles. The Kier molecular flexibility index (Phi) is 3.04. The Hall–Kier alpha value is -2.14. The van der Waals surface area contributed by atoms with Crippen molar-refractivity contribution in [2.24, 2.45) is 0 Å². The van der Waals surface area contributed by atoms with Crippen LogP contribution in [-0.2, 0) is 6.42 Å². The Morgan fingerprint density at radius 1 is 1.32 bits per heavy atom. The SMILES string of the molecule is Oc1c(Cc2cc(F)cc(Cl)c2)c(C2CC2)nc2ccnn12. The van der Waals surface area contributed by atoms with Crippen LogP contribution in [0, 0.1) is 5.82 Å². The number of benzene rings is 1. The monoisotopic (exact) mass is 317 g/mol. The fourth-order valence-corrected chi connectivity index (χ4v) is 3.00. The van der Waals surface area contributed by atoms with Gasteiger partial charge in [-0.25, -0.2) is 9.37 Å². The molecule has 1 saturated carbocycles. The van der Waals surface area contributed by atoms with E-state index in [0.29, 0.717) is 34.1 Å². The first kappa shape index (κ1) is 13.5. The van der Waals surface area contributed by atoms with Crippen LogP contribution in [0.4, 0.5) is 4.39 Å². The third kappa shape index (κ3) is 2.31. The van der Waals surface area contributed by atoms with E-state index >= 15 is 0 Å². The van der Waals surface area contributed by atoms with Crippen LogP contribution in [0.25, 0.3) is 5.65 Å². The molecular formula is C16H13ClFN3O. The fourth-order valence-electron chi connectivity index (χ4n) is 2.76. The van der Waals surface area contributed by atoms with Crippen molar-refractivity contribution in [2.75, 3.05) is 0 Å². The highest BCUT2D eigenvalue weighted by atomic mass is 35.5. The van der Waals surface area contributed by atoms with Gasteiger partial charge in [0.2, 0.25) is 5.88 Å². The van der Waals surface area contributed by atoms with E-state index in [0.717, 1.165) is 18.5 Å². The molecule has 1 aromatic carbocycles. The summed E-state index contributed by atoms with van der Waals surface area (Å²) in [6.07, 6.45) is 4.10. The number of nitrogens with zero attached hydrogens (tertiary/aromatic N) is 3. The molecule has 4 rings (SSSR count). The zero-order valence-corrected chi connectivity index (χ0v) is 12.4. The van der Waals surface area contributed by atoms with E-state index in [1.807, 2.05) is 0 Å². The standard InChI is InChI=1S/C16H13ClFN3O/c17-11-5-9(6-12(18)8-11)7-13-15(10-1-2-10)20-14-3-4-19-21(14)16(13)22/h3-6,8,10,22H,1-2,7H2. The maximum Gasteiger partial charge on any atom is 0.219 e. The molecule has 1 N–H and O–H groups in total. The Bertz CT molecular complexity index is 853. The van der Waals surface area contributed by atoms with E-state index in [2.05, 4.69) is 10.1 Å². The second-order valence-corrected chi connectivity index (χ2v) is 6.07. The third-order valence-corrected chi connectivity index (χ3v) is 4.12. The Morgan fingerprint density at radius 3 is 2.86 bits per heavy atom. The molecule has 2 aromatic heterocycles. The molecule has 4 nitrogen and oxygen atoms in total. The molecule has 3 aromatic rings. The predicted octanol–water partition coefficient (Wildman–Crippen LogP) is 3.70. The normalized spacial score (nSPS) is 14.6. The largest absolute Gasteiger partial charge is 0.493 e. The number of rotatable bonds is 3. The first-order chi connectivity index (χ1) is 10.6. The minimum atomic E-state index is -0.386. The molecule has 0 bridgehead atoms. The molecule has 0 unspecified atom stereocenters. The first-order valence-corrected chi connectivity index (χ1v) is 7.50. The van der Waals surface area contributed by atoms with Crippen molar-refractivity contribution in [3.8, 4) is 5.88 Å². The van der Waals surface area contributed by atoms with Crippen molar-refractivity contribution >= 4 is 17.2 Å². The summed E-state index contributed by atoms with van der Waals surface area (Å²) >= 11 is 5.91. The fraction of sp³-hybridized carbons (Fsp3) is 0.250. The van der Waals surface area contributed by atoms with Crippen molar-refractivity contribution in [1.82, 2.24) is 14.6 Å². The van der Waals surface area contributed by atoms with Gasteiger partial charge < -0.3 is 5.11 Å². The summed E-state index contributed by atoms with van der Waals surface area (Å²) in [5.41, 5.74) is 2.90. The quantitative estimate of drug-likeness (QED) is 0.801. The second kappa shape index (κ2) is 4.95. The number of halogens is 2. The minimum absolute atomic E-state index is 0.0669. The number of fused-ring (bicyclic) bond motifs is 1. The number of hydrogen-bond acceptors (Lipinski definition) is 3. The van der Waals surface area contributed by atoms with Gasteiger partial charge in [0.15, 0.2) is 5.65 Å². The molecular weight excluding hydrogens is 305 g/mol. The second-order valence-electron chi connectivity index (χ2n) is 5.63. The number of aromatic nitrogens is 3. The summed E-state index contributed by atoms with van der Waals surface area (Å²) < 4.78 is 14.9. The lowest BCUT2D eigenvalue weighted by Crippen LogP contribution is -2.04. The van der Waals surface area contributed by atoms with Gasteiger partial charge in [-0.1, -0.05) is 11.6 Å². The van der Waals surface area contributed by atoms with E-state index in [-0.39, 0.29) is 11.7 Å². The third-order valence-electron chi connectivity index (χ3n) is 3.90. The van der Waals surface area contributed by atoms with Crippen LogP contribution >= 0.6 is 11.6 Å². The predicted molar refractivity (Wildman–Crippen MR) is 80.8 cm³/mol. The summed E-state index contributed by atoms with van der Waals surface area (Å²) in [6.45, 7) is 0. The summed E-state index contributed by atoms with van der Waals surface area (Å²) in [5, 5.41) is 15.0. The van der Waals surface area contributed by atoms with Crippen LogP contribution in [0.5, 0.6) is 5.88 Å². The molecule has 0 radical (unpaired) electrons. The molecule has 0 aliphatic heterocycles. The molecule has 22 heavy (non-hydrogen) atoms. The highest BCUT2D eigenvalue weighted by Crippen LogP contribution is 2.43. The summed E-state index contributed by atoms with van der Waals surface area (Å²) in [5.74, 6) is 0.0465. The molecule has 1 aliphatic carbocycles. The maximum absolute atomic E-state index is 13.5. The Balaban J connectivity index is 1.85. The molecule has 1 aliphatic rings. The van der Waals surface area contributed by atoms with Gasteiger partial charge in [0, 0.05) is 29.0 Å². The smallest absolute Gasteiger partial charge is 0.219 e. The van der Waals surface area contributed by atoms with Crippen molar-refractivity contribution in [1.29, 1.82) is 0 Å². The van der Waals surface area contributed by atoms with E-state index in [9.17, 15) is 9.50 Å². The van der Waals surface area contributed by atoms with E-state index in [4.69, 9.17) is 11.6 Å². The highest BCUT2D eigenvalue weighted by Gasteiger charge is 2.30. The van der Waals surface area contributed by atoms with Gasteiger partial charge in [-0.3, -0.25) is 0 Å². The molecule has 0 atom stereocenters. The highest BCUT2D eigenvalue weighted by molar-refractivity contribution is 6.30. The van der Waals surface area contributed by atoms with Crippen LogP contribution in [0.15, 0.2) is 30.5 Å². The van der Waals surface area contributed by atoms with E-state index < -0.39 is 0 Å². The molecule has 0 amide bonds. The lowest BCUT2D eigenvalue weighted by atomic mass is 10.0. The van der Waals surface area contributed by atoms with Crippen molar-refractivity contribution in [2.45, 2.75) is 25.2 Å². The van der Waals surface area contributed by atoms with Crippen LogP contribution in [0.2, 0.25) is 5.02 Å². The van der Waals surface area contributed by atoms with Crippen molar-refractivity contribution in [3.63, 3.8) is 0 Å². The minimum Gasteiger partial charge on any atom is -0.493 e. The molecule has 2 heterocycles. The van der Waals surface area contributed by atoms with Gasteiger partial charge in [-0.2, -0.15) is 9.61 Å². The van der Waals surface area contributed by atoms with Crippen molar-refractivity contribution in [3.05, 3.63) is 58.1 Å². The molecule has 112 valence electrons. The summed E-state index contributed by atoms with van der Waals surface area (Å²) in [7, 11) is 0. The maximum atomic E-state index is 13.5. The summed E-state index contributed by atoms with van der Waals surface area (Å²) in [6, 6.07) is 6.15. The van der Waals surface area contributed by atoms with Crippen LogP contribution in [-0.4, -0.2) is 19.7 Å². The lowest BCUT2D eigenvalue weighted by Gasteiger charge is -2.12. The average molecular weight is 318 g/mol. The van der Waals surface area contributed by atoms with Gasteiger partial charge >= 0.3 is 0 Å². The van der Waals surface area contributed by atoms with E-state index in [1.54, 1.807) is 18.3 Å².